The monoisotopic (exact) mass is 418 g/mol. The van der Waals surface area contributed by atoms with E-state index in [0.29, 0.717) is 19.4 Å². The number of fused-ring (bicyclic) bond motifs is 1. The van der Waals surface area contributed by atoms with Crippen LogP contribution >= 0.6 is 0 Å². The topological polar surface area (TPSA) is 101 Å². The molecule has 2 aromatic carbocycles. The number of carbonyl (C=O) groups excluding carboxylic acids is 2. The van der Waals surface area contributed by atoms with Gasteiger partial charge in [0, 0.05) is 41.8 Å². The third-order valence-electron chi connectivity index (χ3n) is 5.02. The Morgan fingerprint density at radius 3 is 2.65 bits per heavy atom. The Labute approximate surface area is 179 Å². The molecule has 2 amide bonds. The molecule has 0 bridgehead atoms. The van der Waals surface area contributed by atoms with Crippen LogP contribution < -0.4 is 11.1 Å². The van der Waals surface area contributed by atoms with Crippen LogP contribution in [0, 0.1) is 23.1 Å². The van der Waals surface area contributed by atoms with Crippen LogP contribution in [-0.4, -0.2) is 22.9 Å². The fourth-order valence-electron chi connectivity index (χ4n) is 3.39. The number of benzene rings is 2. The van der Waals surface area contributed by atoms with Gasteiger partial charge in [-0.2, -0.15) is 5.26 Å². The van der Waals surface area contributed by atoms with Crippen molar-refractivity contribution >= 4 is 28.8 Å². The standard InChI is InChI=1S/C24H23FN4O2/c25-20-9-6-17(7-10-20)14-19(24(27)31)15-28-23(30)11-8-18-16-29(13-3-12-26)22-5-2-1-4-21(18)22/h1-2,4-11,16,19H,3,13-15H2,(H2,27,31)(H,28,30)/b11-8+. The number of nitrogens with one attached hydrogen (secondary N) is 1. The summed E-state index contributed by atoms with van der Waals surface area (Å²) in [6, 6.07) is 15.7. The fourth-order valence-corrected chi connectivity index (χ4v) is 3.39. The normalized spacial score (nSPS) is 12.0. The van der Waals surface area contributed by atoms with Crippen molar-refractivity contribution in [2.45, 2.75) is 19.4 Å². The Morgan fingerprint density at radius 1 is 1.19 bits per heavy atom. The fraction of sp³-hybridized carbons (Fsp3) is 0.208. The third-order valence-corrected chi connectivity index (χ3v) is 5.02. The number of nitriles is 1. The molecule has 0 aliphatic heterocycles. The van der Waals surface area contributed by atoms with Crippen molar-refractivity contribution in [2.75, 3.05) is 6.54 Å². The molecule has 0 aliphatic carbocycles. The molecular weight excluding hydrogens is 395 g/mol. The van der Waals surface area contributed by atoms with Gasteiger partial charge in [0.25, 0.3) is 0 Å². The highest BCUT2D eigenvalue weighted by molar-refractivity contribution is 5.96. The quantitative estimate of drug-likeness (QED) is 0.522. The van der Waals surface area contributed by atoms with E-state index in [-0.39, 0.29) is 18.3 Å². The first-order valence-corrected chi connectivity index (χ1v) is 9.92. The molecule has 0 radical (unpaired) electrons. The number of primary amides is 1. The largest absolute Gasteiger partial charge is 0.369 e. The summed E-state index contributed by atoms with van der Waals surface area (Å²) in [5, 5.41) is 12.5. The molecule has 31 heavy (non-hydrogen) atoms. The predicted octanol–water partition coefficient (Wildman–Crippen LogP) is 3.17. The van der Waals surface area contributed by atoms with Crippen molar-refractivity contribution in [3.05, 3.63) is 77.7 Å². The van der Waals surface area contributed by atoms with E-state index < -0.39 is 11.8 Å². The first-order chi connectivity index (χ1) is 15.0. The molecule has 3 N–H and O–H groups in total. The maximum atomic E-state index is 13.0. The lowest BCUT2D eigenvalue weighted by Crippen LogP contribution is -2.36. The summed E-state index contributed by atoms with van der Waals surface area (Å²) in [5.74, 6) is -1.84. The van der Waals surface area contributed by atoms with Gasteiger partial charge in [0.15, 0.2) is 0 Å². The van der Waals surface area contributed by atoms with E-state index >= 15 is 0 Å². The predicted molar refractivity (Wildman–Crippen MR) is 117 cm³/mol. The second-order valence-electron chi connectivity index (χ2n) is 7.21. The van der Waals surface area contributed by atoms with E-state index in [2.05, 4.69) is 11.4 Å². The third kappa shape index (κ3) is 5.80. The van der Waals surface area contributed by atoms with Crippen LogP contribution in [0.5, 0.6) is 0 Å². The summed E-state index contributed by atoms with van der Waals surface area (Å²) < 4.78 is 15.0. The summed E-state index contributed by atoms with van der Waals surface area (Å²) in [4.78, 5) is 24.1. The average Bonchev–Trinajstić information content (AvgIpc) is 3.12. The number of hydrogen-bond donors (Lipinski definition) is 2. The number of para-hydroxylation sites is 1. The van der Waals surface area contributed by atoms with E-state index in [4.69, 9.17) is 11.0 Å². The number of amides is 2. The first kappa shape index (κ1) is 21.8. The lowest BCUT2D eigenvalue weighted by atomic mass is 9.98. The van der Waals surface area contributed by atoms with E-state index in [1.54, 1.807) is 18.2 Å². The number of rotatable bonds is 9. The lowest BCUT2D eigenvalue weighted by molar-refractivity contribution is -0.122. The van der Waals surface area contributed by atoms with E-state index in [9.17, 15) is 14.0 Å². The highest BCUT2D eigenvalue weighted by Crippen LogP contribution is 2.22. The Kier molecular flexibility index (Phi) is 7.17. The molecule has 1 aromatic heterocycles. The number of nitrogens with two attached hydrogens (primary N) is 1. The van der Waals surface area contributed by atoms with Gasteiger partial charge in [-0.1, -0.05) is 30.3 Å². The van der Waals surface area contributed by atoms with Crippen LogP contribution in [0.4, 0.5) is 4.39 Å². The first-order valence-electron chi connectivity index (χ1n) is 9.92. The van der Waals surface area contributed by atoms with Gasteiger partial charge in [-0.15, -0.1) is 0 Å². The lowest BCUT2D eigenvalue weighted by Gasteiger charge is -2.13. The summed E-state index contributed by atoms with van der Waals surface area (Å²) >= 11 is 0. The van der Waals surface area contributed by atoms with Crippen molar-refractivity contribution in [1.82, 2.24) is 9.88 Å². The van der Waals surface area contributed by atoms with Gasteiger partial charge in [-0.25, -0.2) is 4.39 Å². The number of nitrogens with zero attached hydrogens (tertiary/aromatic N) is 2. The van der Waals surface area contributed by atoms with Gasteiger partial charge in [0.05, 0.1) is 18.4 Å². The number of carbonyl (C=O) groups is 2. The Morgan fingerprint density at radius 2 is 1.94 bits per heavy atom. The molecule has 0 aliphatic rings. The molecule has 3 rings (SSSR count). The van der Waals surface area contributed by atoms with Crippen molar-refractivity contribution in [3.63, 3.8) is 0 Å². The zero-order valence-electron chi connectivity index (χ0n) is 16.9. The number of halogens is 1. The molecule has 0 saturated heterocycles. The average molecular weight is 418 g/mol. The Hall–Kier alpha value is -3.92. The van der Waals surface area contributed by atoms with Crippen molar-refractivity contribution < 1.29 is 14.0 Å². The minimum absolute atomic E-state index is 0.0831. The van der Waals surface area contributed by atoms with Gasteiger partial charge in [-0.05, 0) is 36.3 Å². The molecule has 7 heteroatoms. The van der Waals surface area contributed by atoms with Gasteiger partial charge in [0.1, 0.15) is 5.82 Å². The van der Waals surface area contributed by atoms with Crippen LogP contribution in [0.3, 0.4) is 0 Å². The molecule has 1 atom stereocenters. The van der Waals surface area contributed by atoms with Crippen molar-refractivity contribution in [3.8, 4) is 6.07 Å². The molecule has 1 heterocycles. The van der Waals surface area contributed by atoms with Crippen molar-refractivity contribution in [1.29, 1.82) is 5.26 Å². The highest BCUT2D eigenvalue weighted by Gasteiger charge is 2.17. The van der Waals surface area contributed by atoms with Crippen LogP contribution in [0.15, 0.2) is 60.8 Å². The minimum atomic E-state index is -0.601. The second kappa shape index (κ2) is 10.2. The molecule has 3 aromatic rings. The molecule has 6 nitrogen and oxygen atoms in total. The summed E-state index contributed by atoms with van der Waals surface area (Å²) in [7, 11) is 0. The summed E-state index contributed by atoms with van der Waals surface area (Å²) in [6.07, 6.45) is 5.73. The molecule has 0 fully saturated rings. The van der Waals surface area contributed by atoms with E-state index in [1.807, 2.05) is 35.0 Å². The van der Waals surface area contributed by atoms with Crippen LogP contribution in [0.25, 0.3) is 17.0 Å². The molecule has 0 saturated carbocycles. The molecule has 1 unspecified atom stereocenters. The number of hydrogen-bond acceptors (Lipinski definition) is 3. The minimum Gasteiger partial charge on any atom is -0.369 e. The molecular formula is C24H23FN4O2. The van der Waals surface area contributed by atoms with Crippen LogP contribution in [-0.2, 0) is 22.6 Å². The smallest absolute Gasteiger partial charge is 0.244 e. The molecule has 158 valence electrons. The van der Waals surface area contributed by atoms with E-state index in [0.717, 1.165) is 22.0 Å². The van der Waals surface area contributed by atoms with Crippen molar-refractivity contribution in [2.24, 2.45) is 11.7 Å². The van der Waals surface area contributed by atoms with Gasteiger partial charge < -0.3 is 15.6 Å². The van der Waals surface area contributed by atoms with Gasteiger partial charge >= 0.3 is 0 Å². The Balaban J connectivity index is 1.65. The summed E-state index contributed by atoms with van der Waals surface area (Å²) in [5.41, 5.74) is 8.08. The maximum absolute atomic E-state index is 13.0. The van der Waals surface area contributed by atoms with E-state index in [1.165, 1.54) is 18.2 Å². The molecule has 0 spiro atoms. The van der Waals surface area contributed by atoms with Crippen LogP contribution in [0.1, 0.15) is 17.5 Å². The maximum Gasteiger partial charge on any atom is 0.244 e. The summed E-state index contributed by atoms with van der Waals surface area (Å²) in [6.45, 7) is 0.653. The number of aromatic nitrogens is 1. The number of aryl methyl sites for hydroxylation is 1. The van der Waals surface area contributed by atoms with Gasteiger partial charge in [0.2, 0.25) is 11.8 Å². The SMILES string of the molecule is N#CCCn1cc(/C=C/C(=O)NCC(Cc2ccc(F)cc2)C(N)=O)c2ccccc21. The van der Waals surface area contributed by atoms with Crippen LogP contribution in [0.2, 0.25) is 0 Å². The zero-order valence-corrected chi connectivity index (χ0v) is 16.9. The zero-order chi connectivity index (χ0) is 22.2. The Bertz CT molecular complexity index is 1140. The second-order valence-corrected chi connectivity index (χ2v) is 7.21. The van der Waals surface area contributed by atoms with Gasteiger partial charge in [-0.3, -0.25) is 9.59 Å². The highest BCUT2D eigenvalue weighted by atomic mass is 19.1.